The lowest BCUT2D eigenvalue weighted by atomic mass is 10.3. The van der Waals surface area contributed by atoms with Crippen LogP contribution in [-0.4, -0.2) is 36.6 Å². The Kier molecular flexibility index (Phi) is 2.89. The molecule has 4 heteroatoms. The maximum atomic E-state index is 4.34. The number of thioether (sulfide) groups is 1. The van der Waals surface area contributed by atoms with Crippen LogP contribution < -0.4 is 10.6 Å². The molecule has 1 fully saturated rings. The third-order valence-corrected chi connectivity index (χ3v) is 3.34. The van der Waals surface area contributed by atoms with Crippen molar-refractivity contribution in [2.75, 3.05) is 25.4 Å². The SMILES string of the molecule is C1CNC(CSC2=NCCN2)C1. The molecule has 2 N–H and O–H groups in total. The van der Waals surface area contributed by atoms with Gasteiger partial charge in [0.15, 0.2) is 5.17 Å². The molecule has 3 nitrogen and oxygen atoms in total. The van der Waals surface area contributed by atoms with Gasteiger partial charge in [0, 0.05) is 18.3 Å². The molecule has 68 valence electrons. The van der Waals surface area contributed by atoms with Gasteiger partial charge in [-0.1, -0.05) is 11.8 Å². The number of aliphatic imine (C=N–C) groups is 1. The van der Waals surface area contributed by atoms with Crippen LogP contribution in [0.4, 0.5) is 0 Å². The predicted molar refractivity (Wildman–Crippen MR) is 53.8 cm³/mol. The Balaban J connectivity index is 1.67. The summed E-state index contributed by atoms with van der Waals surface area (Å²) in [6, 6.07) is 0.722. The molecule has 2 rings (SSSR count). The van der Waals surface area contributed by atoms with Crippen LogP contribution in [0.3, 0.4) is 0 Å². The van der Waals surface area contributed by atoms with Crippen LogP contribution in [0, 0.1) is 0 Å². The van der Waals surface area contributed by atoms with Crippen molar-refractivity contribution in [3.63, 3.8) is 0 Å². The van der Waals surface area contributed by atoms with E-state index in [0.717, 1.165) is 24.3 Å². The molecule has 0 aromatic heterocycles. The fourth-order valence-corrected chi connectivity index (χ4v) is 2.58. The minimum Gasteiger partial charge on any atom is -0.363 e. The molecule has 0 bridgehead atoms. The van der Waals surface area contributed by atoms with Crippen LogP contribution >= 0.6 is 11.8 Å². The monoisotopic (exact) mass is 185 g/mol. The van der Waals surface area contributed by atoms with Crippen molar-refractivity contribution < 1.29 is 0 Å². The standard InChI is InChI=1S/C8H15N3S/c1-2-7(9-3-1)6-12-8-10-4-5-11-8/h7,9H,1-6H2,(H,10,11). The fourth-order valence-electron chi connectivity index (χ4n) is 1.55. The molecule has 1 unspecified atom stereocenters. The van der Waals surface area contributed by atoms with E-state index in [1.807, 2.05) is 11.8 Å². The van der Waals surface area contributed by atoms with Crippen molar-refractivity contribution in [2.24, 2.45) is 4.99 Å². The summed E-state index contributed by atoms with van der Waals surface area (Å²) in [6.07, 6.45) is 2.67. The van der Waals surface area contributed by atoms with Gasteiger partial charge in [-0.15, -0.1) is 0 Å². The molecule has 0 saturated carbocycles. The van der Waals surface area contributed by atoms with Crippen molar-refractivity contribution in [3.05, 3.63) is 0 Å². The third-order valence-electron chi connectivity index (χ3n) is 2.23. The number of nitrogens with one attached hydrogen (secondary N) is 2. The molecule has 12 heavy (non-hydrogen) atoms. The summed E-state index contributed by atoms with van der Waals surface area (Å²) in [5.74, 6) is 1.17. The lowest BCUT2D eigenvalue weighted by Crippen LogP contribution is -2.26. The Hall–Kier alpha value is -0.220. The number of rotatable bonds is 2. The van der Waals surface area contributed by atoms with E-state index in [2.05, 4.69) is 15.6 Å². The first-order valence-corrected chi connectivity index (χ1v) is 5.58. The van der Waals surface area contributed by atoms with E-state index in [-0.39, 0.29) is 0 Å². The van der Waals surface area contributed by atoms with E-state index < -0.39 is 0 Å². The smallest absolute Gasteiger partial charge is 0.156 e. The summed E-state index contributed by atoms with van der Waals surface area (Å²) >= 11 is 1.86. The Morgan fingerprint density at radius 2 is 2.50 bits per heavy atom. The first-order chi connectivity index (χ1) is 5.95. The van der Waals surface area contributed by atoms with Gasteiger partial charge in [0.25, 0.3) is 0 Å². The van der Waals surface area contributed by atoms with Crippen LogP contribution in [0.1, 0.15) is 12.8 Å². The molecule has 0 aliphatic carbocycles. The number of hydrogen-bond donors (Lipinski definition) is 2. The van der Waals surface area contributed by atoms with Gasteiger partial charge >= 0.3 is 0 Å². The summed E-state index contributed by atoms with van der Waals surface area (Å²) in [5.41, 5.74) is 0. The second-order valence-corrected chi connectivity index (χ2v) is 4.23. The van der Waals surface area contributed by atoms with E-state index >= 15 is 0 Å². The van der Waals surface area contributed by atoms with Crippen molar-refractivity contribution in [3.8, 4) is 0 Å². The average molecular weight is 185 g/mol. The molecule has 2 heterocycles. The highest BCUT2D eigenvalue weighted by Gasteiger charge is 2.15. The van der Waals surface area contributed by atoms with Gasteiger partial charge in [-0.2, -0.15) is 0 Å². The molecule has 0 radical (unpaired) electrons. The minimum atomic E-state index is 0.722. The first kappa shape index (κ1) is 8.38. The van der Waals surface area contributed by atoms with Gasteiger partial charge in [0.05, 0.1) is 6.54 Å². The van der Waals surface area contributed by atoms with Gasteiger partial charge in [-0.25, -0.2) is 0 Å². The maximum Gasteiger partial charge on any atom is 0.156 e. The molecule has 2 aliphatic heterocycles. The highest BCUT2D eigenvalue weighted by Crippen LogP contribution is 2.13. The van der Waals surface area contributed by atoms with Gasteiger partial charge in [0.2, 0.25) is 0 Å². The Bertz CT molecular complexity index is 175. The summed E-state index contributed by atoms with van der Waals surface area (Å²) in [7, 11) is 0. The fraction of sp³-hybridized carbons (Fsp3) is 0.875. The van der Waals surface area contributed by atoms with Crippen LogP contribution in [0.15, 0.2) is 4.99 Å². The van der Waals surface area contributed by atoms with Crippen LogP contribution in [-0.2, 0) is 0 Å². The quantitative estimate of drug-likeness (QED) is 0.655. The average Bonchev–Trinajstić information content (AvgIpc) is 2.74. The van der Waals surface area contributed by atoms with Gasteiger partial charge < -0.3 is 10.6 Å². The zero-order valence-corrected chi connectivity index (χ0v) is 7.99. The lowest BCUT2D eigenvalue weighted by Gasteiger charge is -2.08. The van der Waals surface area contributed by atoms with E-state index in [1.165, 1.54) is 25.1 Å². The molecule has 0 amide bonds. The molecular formula is C8H15N3S. The van der Waals surface area contributed by atoms with E-state index in [1.54, 1.807) is 0 Å². The third kappa shape index (κ3) is 2.14. The van der Waals surface area contributed by atoms with Crippen molar-refractivity contribution in [1.29, 1.82) is 0 Å². The normalized spacial score (nSPS) is 28.7. The zero-order chi connectivity index (χ0) is 8.23. The second kappa shape index (κ2) is 4.14. The Labute approximate surface area is 77.4 Å². The summed E-state index contributed by atoms with van der Waals surface area (Å²) < 4.78 is 0. The molecular weight excluding hydrogens is 170 g/mol. The molecule has 1 atom stereocenters. The first-order valence-electron chi connectivity index (χ1n) is 4.59. The number of hydrogen-bond acceptors (Lipinski definition) is 4. The second-order valence-electron chi connectivity index (χ2n) is 3.22. The van der Waals surface area contributed by atoms with Crippen LogP contribution in [0.2, 0.25) is 0 Å². The number of amidine groups is 1. The van der Waals surface area contributed by atoms with Crippen molar-refractivity contribution in [2.45, 2.75) is 18.9 Å². The zero-order valence-electron chi connectivity index (χ0n) is 7.18. The van der Waals surface area contributed by atoms with Crippen molar-refractivity contribution >= 4 is 16.9 Å². The maximum absolute atomic E-state index is 4.34. The van der Waals surface area contributed by atoms with Gasteiger partial charge in [-0.3, -0.25) is 4.99 Å². The van der Waals surface area contributed by atoms with Crippen LogP contribution in [0.5, 0.6) is 0 Å². The number of nitrogens with zero attached hydrogens (tertiary/aromatic N) is 1. The molecule has 2 aliphatic rings. The van der Waals surface area contributed by atoms with Gasteiger partial charge in [-0.05, 0) is 19.4 Å². The molecule has 0 aromatic rings. The Morgan fingerprint density at radius 3 is 3.17 bits per heavy atom. The summed E-state index contributed by atoms with van der Waals surface area (Å²) in [4.78, 5) is 4.34. The van der Waals surface area contributed by atoms with Crippen LogP contribution in [0.25, 0.3) is 0 Å². The van der Waals surface area contributed by atoms with E-state index in [0.29, 0.717) is 0 Å². The minimum absolute atomic E-state index is 0.722. The Morgan fingerprint density at radius 1 is 1.50 bits per heavy atom. The van der Waals surface area contributed by atoms with E-state index in [9.17, 15) is 0 Å². The highest BCUT2D eigenvalue weighted by molar-refractivity contribution is 8.13. The van der Waals surface area contributed by atoms with Crippen molar-refractivity contribution in [1.82, 2.24) is 10.6 Å². The van der Waals surface area contributed by atoms with Gasteiger partial charge in [0.1, 0.15) is 0 Å². The molecule has 1 saturated heterocycles. The predicted octanol–water partition coefficient (Wildman–Crippen LogP) is 0.431. The molecule has 0 spiro atoms. The van der Waals surface area contributed by atoms with E-state index in [4.69, 9.17) is 0 Å². The lowest BCUT2D eigenvalue weighted by molar-refractivity contribution is 0.675. The molecule has 0 aromatic carbocycles. The summed E-state index contributed by atoms with van der Waals surface area (Å²) in [5, 5.41) is 7.88. The highest BCUT2D eigenvalue weighted by atomic mass is 32.2. The summed E-state index contributed by atoms with van der Waals surface area (Å²) in [6.45, 7) is 3.19. The topological polar surface area (TPSA) is 36.4 Å². The largest absolute Gasteiger partial charge is 0.363 e.